The summed E-state index contributed by atoms with van der Waals surface area (Å²) in [4.78, 5) is 12.0. The topological polar surface area (TPSA) is 38.3 Å². The molecule has 0 aliphatic heterocycles. The predicted octanol–water partition coefficient (Wildman–Crippen LogP) is 3.93. The lowest BCUT2D eigenvalue weighted by molar-refractivity contribution is 0.0950. The second-order valence-electron chi connectivity index (χ2n) is 4.15. The molecular weight excluding hydrogens is 297 g/mol. The largest absolute Gasteiger partial charge is 0.497 e. The van der Waals surface area contributed by atoms with Crippen molar-refractivity contribution in [2.45, 2.75) is 6.54 Å². The summed E-state index contributed by atoms with van der Waals surface area (Å²) >= 11 is 11.9. The number of nitrogens with one attached hydrogen (secondary N) is 1. The Hall–Kier alpha value is -1.71. The molecule has 0 radical (unpaired) electrons. The fourth-order valence-corrected chi connectivity index (χ4v) is 2.18. The number of carbonyl (C=O) groups is 1. The van der Waals surface area contributed by atoms with Crippen LogP contribution in [0.5, 0.6) is 5.75 Å². The molecule has 20 heavy (non-hydrogen) atoms. The lowest BCUT2D eigenvalue weighted by Gasteiger charge is -2.08. The van der Waals surface area contributed by atoms with Crippen LogP contribution in [0.4, 0.5) is 0 Å². The van der Waals surface area contributed by atoms with E-state index in [0.717, 1.165) is 5.56 Å². The van der Waals surface area contributed by atoms with Crippen LogP contribution >= 0.6 is 23.2 Å². The van der Waals surface area contributed by atoms with Crippen molar-refractivity contribution in [3.8, 4) is 5.75 Å². The molecule has 0 bridgehead atoms. The summed E-state index contributed by atoms with van der Waals surface area (Å²) < 4.78 is 5.08. The molecular formula is C15H13Cl2NO2. The summed E-state index contributed by atoms with van der Waals surface area (Å²) in [6.07, 6.45) is 0. The molecule has 2 aromatic carbocycles. The molecule has 0 unspecified atom stereocenters. The van der Waals surface area contributed by atoms with E-state index in [1.807, 2.05) is 0 Å². The van der Waals surface area contributed by atoms with Gasteiger partial charge in [-0.25, -0.2) is 0 Å². The number of hydrogen-bond acceptors (Lipinski definition) is 2. The normalized spacial score (nSPS) is 10.2. The summed E-state index contributed by atoms with van der Waals surface area (Å²) in [5.74, 6) is 0.456. The molecule has 104 valence electrons. The van der Waals surface area contributed by atoms with E-state index in [1.54, 1.807) is 49.6 Å². The van der Waals surface area contributed by atoms with Crippen molar-refractivity contribution in [1.82, 2.24) is 5.32 Å². The molecule has 1 N–H and O–H groups in total. The molecule has 0 aliphatic rings. The highest BCUT2D eigenvalue weighted by molar-refractivity contribution is 6.35. The third kappa shape index (κ3) is 3.65. The Morgan fingerprint density at radius 1 is 1.20 bits per heavy atom. The van der Waals surface area contributed by atoms with Gasteiger partial charge in [-0.3, -0.25) is 4.79 Å². The van der Waals surface area contributed by atoms with Crippen LogP contribution < -0.4 is 10.1 Å². The van der Waals surface area contributed by atoms with E-state index < -0.39 is 0 Å². The van der Waals surface area contributed by atoms with Crippen LogP contribution in [0.15, 0.2) is 42.5 Å². The summed E-state index contributed by atoms with van der Waals surface area (Å²) in [5, 5.41) is 3.90. The summed E-state index contributed by atoms with van der Waals surface area (Å²) in [5.41, 5.74) is 1.35. The second kappa shape index (κ2) is 6.64. The lowest BCUT2D eigenvalue weighted by atomic mass is 10.2. The van der Waals surface area contributed by atoms with Gasteiger partial charge in [0.15, 0.2) is 0 Å². The first kappa shape index (κ1) is 14.7. The third-order valence-electron chi connectivity index (χ3n) is 2.79. The number of hydrogen-bond donors (Lipinski definition) is 1. The van der Waals surface area contributed by atoms with E-state index in [-0.39, 0.29) is 5.91 Å². The Labute approximate surface area is 127 Å². The molecule has 2 rings (SSSR count). The van der Waals surface area contributed by atoms with Crippen molar-refractivity contribution >= 4 is 29.1 Å². The Kier molecular flexibility index (Phi) is 4.88. The van der Waals surface area contributed by atoms with Crippen LogP contribution in [0.3, 0.4) is 0 Å². The second-order valence-corrected chi connectivity index (χ2v) is 4.99. The van der Waals surface area contributed by atoms with Gasteiger partial charge in [-0.2, -0.15) is 0 Å². The Morgan fingerprint density at radius 3 is 2.70 bits per heavy atom. The Morgan fingerprint density at radius 2 is 2.00 bits per heavy atom. The number of rotatable bonds is 4. The molecule has 0 heterocycles. The molecule has 0 saturated heterocycles. The molecule has 0 atom stereocenters. The number of carbonyl (C=O) groups excluding carboxylic acids is 1. The van der Waals surface area contributed by atoms with E-state index in [9.17, 15) is 4.79 Å². The molecule has 2 aromatic rings. The molecule has 0 saturated carbocycles. The minimum absolute atomic E-state index is 0.185. The van der Waals surface area contributed by atoms with E-state index in [2.05, 4.69) is 5.32 Å². The van der Waals surface area contributed by atoms with Crippen LogP contribution in [-0.2, 0) is 6.54 Å². The van der Waals surface area contributed by atoms with Crippen molar-refractivity contribution in [3.05, 3.63) is 63.6 Å². The monoisotopic (exact) mass is 309 g/mol. The van der Waals surface area contributed by atoms with Gasteiger partial charge in [0.2, 0.25) is 0 Å². The zero-order valence-electron chi connectivity index (χ0n) is 10.8. The average Bonchev–Trinajstić information content (AvgIpc) is 2.46. The quantitative estimate of drug-likeness (QED) is 0.929. The SMILES string of the molecule is COc1cccc(C(=O)NCc2ccc(Cl)cc2Cl)c1. The van der Waals surface area contributed by atoms with Crippen molar-refractivity contribution < 1.29 is 9.53 Å². The molecule has 1 amide bonds. The fraction of sp³-hybridized carbons (Fsp3) is 0.133. The van der Waals surface area contributed by atoms with Crippen LogP contribution in [0.1, 0.15) is 15.9 Å². The highest BCUT2D eigenvalue weighted by Gasteiger charge is 2.08. The van der Waals surface area contributed by atoms with Crippen LogP contribution in [0, 0.1) is 0 Å². The van der Waals surface area contributed by atoms with Crippen LogP contribution in [0.2, 0.25) is 10.0 Å². The van der Waals surface area contributed by atoms with Crippen LogP contribution in [0.25, 0.3) is 0 Å². The number of halogens is 2. The van der Waals surface area contributed by atoms with Crippen molar-refractivity contribution in [2.24, 2.45) is 0 Å². The van der Waals surface area contributed by atoms with Gasteiger partial charge in [0.05, 0.1) is 7.11 Å². The zero-order valence-corrected chi connectivity index (χ0v) is 12.3. The van der Waals surface area contributed by atoms with Gasteiger partial charge >= 0.3 is 0 Å². The van der Waals surface area contributed by atoms with Gasteiger partial charge in [0.25, 0.3) is 5.91 Å². The van der Waals surface area contributed by atoms with Crippen molar-refractivity contribution in [2.75, 3.05) is 7.11 Å². The molecule has 5 heteroatoms. The van der Waals surface area contributed by atoms with E-state index in [1.165, 1.54) is 0 Å². The predicted molar refractivity (Wildman–Crippen MR) is 80.6 cm³/mol. The van der Waals surface area contributed by atoms with Gasteiger partial charge in [-0.1, -0.05) is 35.3 Å². The first-order valence-electron chi connectivity index (χ1n) is 5.96. The first-order chi connectivity index (χ1) is 9.60. The van der Waals surface area contributed by atoms with Crippen LogP contribution in [-0.4, -0.2) is 13.0 Å². The van der Waals surface area contributed by atoms with E-state index in [0.29, 0.717) is 27.9 Å². The van der Waals surface area contributed by atoms with Gasteiger partial charge in [0.1, 0.15) is 5.75 Å². The first-order valence-corrected chi connectivity index (χ1v) is 6.72. The maximum Gasteiger partial charge on any atom is 0.251 e. The number of benzene rings is 2. The minimum atomic E-state index is -0.185. The Balaban J connectivity index is 2.04. The lowest BCUT2D eigenvalue weighted by Crippen LogP contribution is -2.22. The molecule has 0 spiro atoms. The molecule has 0 aromatic heterocycles. The summed E-state index contributed by atoms with van der Waals surface area (Å²) in [6.45, 7) is 0.339. The molecule has 3 nitrogen and oxygen atoms in total. The summed E-state index contributed by atoms with van der Waals surface area (Å²) in [6, 6.07) is 12.1. The molecule has 0 aliphatic carbocycles. The standard InChI is InChI=1S/C15H13Cl2NO2/c1-20-13-4-2-3-10(7-13)15(19)18-9-11-5-6-12(16)8-14(11)17/h2-8H,9H2,1H3,(H,18,19). The average molecular weight is 310 g/mol. The van der Waals surface area contributed by atoms with Crippen molar-refractivity contribution in [3.63, 3.8) is 0 Å². The van der Waals surface area contributed by atoms with Gasteiger partial charge in [0, 0.05) is 22.2 Å². The number of methoxy groups -OCH3 is 1. The van der Waals surface area contributed by atoms with Gasteiger partial charge < -0.3 is 10.1 Å². The maximum absolute atomic E-state index is 12.0. The van der Waals surface area contributed by atoms with E-state index >= 15 is 0 Å². The van der Waals surface area contributed by atoms with E-state index in [4.69, 9.17) is 27.9 Å². The highest BCUT2D eigenvalue weighted by Crippen LogP contribution is 2.21. The van der Waals surface area contributed by atoms with Gasteiger partial charge in [-0.15, -0.1) is 0 Å². The Bertz CT molecular complexity index is 629. The smallest absolute Gasteiger partial charge is 0.251 e. The summed E-state index contributed by atoms with van der Waals surface area (Å²) in [7, 11) is 1.56. The van der Waals surface area contributed by atoms with Crippen molar-refractivity contribution in [1.29, 1.82) is 0 Å². The number of amides is 1. The highest BCUT2D eigenvalue weighted by atomic mass is 35.5. The third-order valence-corrected chi connectivity index (χ3v) is 3.37. The molecule has 0 fully saturated rings. The number of ether oxygens (including phenoxy) is 1. The maximum atomic E-state index is 12.0. The van der Waals surface area contributed by atoms with Gasteiger partial charge in [-0.05, 0) is 35.9 Å². The fourth-order valence-electron chi connectivity index (χ4n) is 1.71. The minimum Gasteiger partial charge on any atom is -0.497 e. The zero-order chi connectivity index (χ0) is 14.5.